The van der Waals surface area contributed by atoms with E-state index < -0.39 is 17.7 Å². The van der Waals surface area contributed by atoms with Crippen LogP contribution in [-0.4, -0.2) is 44.0 Å². The number of hydrogen-bond donors (Lipinski definition) is 2. The van der Waals surface area contributed by atoms with E-state index in [9.17, 15) is 9.59 Å². The van der Waals surface area contributed by atoms with Gasteiger partial charge in [0.25, 0.3) is 5.91 Å². The summed E-state index contributed by atoms with van der Waals surface area (Å²) in [5.41, 5.74) is 1.35. The summed E-state index contributed by atoms with van der Waals surface area (Å²) in [5, 5.41) is 5.68. The predicted octanol–water partition coefficient (Wildman–Crippen LogP) is 5.64. The quantitative estimate of drug-likeness (QED) is 0.434. The Labute approximate surface area is 212 Å². The Balaban J connectivity index is 1.67. The summed E-state index contributed by atoms with van der Waals surface area (Å²) in [6, 6.07) is 15.8. The van der Waals surface area contributed by atoms with E-state index in [1.165, 1.54) is 5.56 Å². The average Bonchev–Trinajstić information content (AvgIpc) is 2.83. The molecule has 0 aliphatic carbocycles. The van der Waals surface area contributed by atoms with Crippen LogP contribution in [0.4, 0.5) is 10.5 Å². The van der Waals surface area contributed by atoms with Gasteiger partial charge in [-0.1, -0.05) is 30.3 Å². The number of thioether (sulfide) groups is 1. The van der Waals surface area contributed by atoms with Crippen molar-refractivity contribution in [3.8, 4) is 5.75 Å². The van der Waals surface area contributed by atoms with Gasteiger partial charge in [-0.25, -0.2) is 4.79 Å². The molecule has 0 bridgehead atoms. The Bertz CT molecular complexity index is 971. The maximum absolute atomic E-state index is 13.2. The van der Waals surface area contributed by atoms with Crippen LogP contribution >= 0.6 is 11.8 Å². The number of hydrogen-bond acceptors (Lipinski definition) is 6. The average molecular weight is 501 g/mol. The van der Waals surface area contributed by atoms with Gasteiger partial charge in [0.05, 0.1) is 7.11 Å². The van der Waals surface area contributed by atoms with Gasteiger partial charge >= 0.3 is 6.09 Å². The number of carbonyl (C=O) groups excluding carboxylic acids is 2. The first-order chi connectivity index (χ1) is 16.7. The van der Waals surface area contributed by atoms with Crippen LogP contribution in [0.3, 0.4) is 0 Å². The van der Waals surface area contributed by atoms with Crippen LogP contribution in [0.5, 0.6) is 5.75 Å². The normalized spacial score (nSPS) is 15.2. The highest BCUT2D eigenvalue weighted by molar-refractivity contribution is 7.98. The largest absolute Gasteiger partial charge is 0.496 e. The van der Waals surface area contributed by atoms with Crippen LogP contribution in [0.1, 0.15) is 45.6 Å². The SMILES string of the molecule is COc1cc(NC(=O)[C@H](CC2CCOCC2)OC(=O)NC(C)(C)C)ccc1SCc1ccccc1. The molecule has 1 aliphatic rings. The first kappa shape index (κ1) is 26.9. The Morgan fingerprint density at radius 2 is 1.83 bits per heavy atom. The van der Waals surface area contributed by atoms with Crippen molar-refractivity contribution < 1.29 is 23.8 Å². The number of anilines is 1. The third-order valence-corrected chi connectivity index (χ3v) is 6.70. The van der Waals surface area contributed by atoms with E-state index in [0.29, 0.717) is 31.1 Å². The molecule has 1 fully saturated rings. The first-order valence-electron chi connectivity index (χ1n) is 12.0. The highest BCUT2D eigenvalue weighted by atomic mass is 32.2. The van der Waals surface area contributed by atoms with Gasteiger partial charge in [0.2, 0.25) is 0 Å². The molecule has 1 atom stereocenters. The van der Waals surface area contributed by atoms with E-state index in [1.807, 2.05) is 51.1 Å². The van der Waals surface area contributed by atoms with Crippen LogP contribution in [-0.2, 0) is 20.0 Å². The summed E-state index contributed by atoms with van der Waals surface area (Å²) < 4.78 is 16.6. The Kier molecular flexibility index (Phi) is 9.86. The van der Waals surface area contributed by atoms with E-state index in [2.05, 4.69) is 22.8 Å². The van der Waals surface area contributed by atoms with Crippen molar-refractivity contribution in [3.05, 3.63) is 54.1 Å². The van der Waals surface area contributed by atoms with Crippen molar-refractivity contribution in [2.75, 3.05) is 25.6 Å². The molecule has 35 heavy (non-hydrogen) atoms. The highest BCUT2D eigenvalue weighted by Crippen LogP contribution is 2.34. The van der Waals surface area contributed by atoms with Gasteiger partial charge in [0.1, 0.15) is 5.75 Å². The summed E-state index contributed by atoms with van der Waals surface area (Å²) in [6.07, 6.45) is 0.632. The zero-order valence-electron chi connectivity index (χ0n) is 21.0. The van der Waals surface area contributed by atoms with E-state index in [1.54, 1.807) is 24.9 Å². The van der Waals surface area contributed by atoms with Crippen molar-refractivity contribution in [1.29, 1.82) is 0 Å². The number of nitrogens with one attached hydrogen (secondary N) is 2. The van der Waals surface area contributed by atoms with Crippen molar-refractivity contribution in [2.24, 2.45) is 5.92 Å². The fourth-order valence-corrected chi connectivity index (χ4v) is 4.74. The molecule has 1 saturated heterocycles. The van der Waals surface area contributed by atoms with Gasteiger partial charge in [-0.2, -0.15) is 0 Å². The molecule has 1 heterocycles. The minimum atomic E-state index is -0.904. The lowest BCUT2D eigenvalue weighted by molar-refractivity contribution is -0.125. The Hall–Kier alpha value is -2.71. The summed E-state index contributed by atoms with van der Waals surface area (Å²) in [5.74, 6) is 1.39. The van der Waals surface area contributed by atoms with Crippen LogP contribution in [0.25, 0.3) is 0 Å². The maximum Gasteiger partial charge on any atom is 0.408 e. The molecule has 7 nitrogen and oxygen atoms in total. The fourth-order valence-electron chi connectivity index (χ4n) is 3.78. The number of carbonyl (C=O) groups is 2. The molecule has 3 rings (SSSR count). The minimum Gasteiger partial charge on any atom is -0.496 e. The highest BCUT2D eigenvalue weighted by Gasteiger charge is 2.29. The van der Waals surface area contributed by atoms with Gasteiger partial charge in [-0.15, -0.1) is 11.8 Å². The molecule has 0 radical (unpaired) electrons. The van der Waals surface area contributed by atoms with Crippen molar-refractivity contribution >= 4 is 29.4 Å². The number of alkyl carbamates (subject to hydrolysis) is 1. The fraction of sp³-hybridized carbons (Fsp3) is 0.481. The molecular weight excluding hydrogens is 464 g/mol. The Morgan fingerprint density at radius 3 is 2.49 bits per heavy atom. The summed E-state index contributed by atoms with van der Waals surface area (Å²) in [4.78, 5) is 26.6. The number of rotatable bonds is 9. The van der Waals surface area contributed by atoms with Gasteiger partial charge < -0.3 is 24.8 Å². The van der Waals surface area contributed by atoms with Crippen LogP contribution in [0.15, 0.2) is 53.4 Å². The molecule has 0 unspecified atom stereocenters. The van der Waals surface area contributed by atoms with E-state index in [0.717, 1.165) is 23.5 Å². The lowest BCUT2D eigenvalue weighted by Crippen LogP contribution is -2.45. The van der Waals surface area contributed by atoms with E-state index in [-0.39, 0.29) is 11.8 Å². The van der Waals surface area contributed by atoms with Gasteiger partial charge in [-0.05, 0) is 63.6 Å². The van der Waals surface area contributed by atoms with Crippen molar-refractivity contribution in [3.63, 3.8) is 0 Å². The predicted molar refractivity (Wildman–Crippen MR) is 139 cm³/mol. The first-order valence-corrected chi connectivity index (χ1v) is 12.9. The smallest absolute Gasteiger partial charge is 0.408 e. The molecule has 190 valence electrons. The molecule has 8 heteroatoms. The van der Waals surface area contributed by atoms with Gasteiger partial charge in [0, 0.05) is 41.2 Å². The second-order valence-corrected chi connectivity index (χ2v) is 10.7. The van der Waals surface area contributed by atoms with Gasteiger partial charge in [-0.3, -0.25) is 4.79 Å². The number of benzene rings is 2. The molecule has 2 N–H and O–H groups in total. The molecule has 0 aromatic heterocycles. The molecular formula is C27H36N2O5S. The topological polar surface area (TPSA) is 85.9 Å². The third-order valence-electron chi connectivity index (χ3n) is 5.58. The zero-order chi connectivity index (χ0) is 25.3. The third kappa shape index (κ3) is 9.11. The lowest BCUT2D eigenvalue weighted by atomic mass is 9.93. The monoisotopic (exact) mass is 500 g/mol. The second kappa shape index (κ2) is 12.8. The van der Waals surface area contributed by atoms with E-state index >= 15 is 0 Å². The second-order valence-electron chi connectivity index (χ2n) is 9.69. The molecule has 2 amide bonds. The molecule has 1 aliphatic heterocycles. The number of ether oxygens (including phenoxy) is 3. The van der Waals surface area contributed by atoms with Crippen LogP contribution in [0.2, 0.25) is 0 Å². The zero-order valence-corrected chi connectivity index (χ0v) is 21.8. The summed E-state index contributed by atoms with van der Waals surface area (Å²) >= 11 is 1.67. The molecule has 2 aromatic rings. The number of amides is 2. The summed E-state index contributed by atoms with van der Waals surface area (Å²) in [7, 11) is 1.61. The van der Waals surface area contributed by atoms with Crippen molar-refractivity contribution in [1.82, 2.24) is 5.32 Å². The van der Waals surface area contributed by atoms with Gasteiger partial charge in [0.15, 0.2) is 6.10 Å². The van der Waals surface area contributed by atoms with Crippen LogP contribution in [0, 0.1) is 5.92 Å². The molecule has 2 aromatic carbocycles. The lowest BCUT2D eigenvalue weighted by Gasteiger charge is -2.27. The Morgan fingerprint density at radius 1 is 1.11 bits per heavy atom. The van der Waals surface area contributed by atoms with E-state index in [4.69, 9.17) is 14.2 Å². The summed E-state index contributed by atoms with van der Waals surface area (Å²) in [6.45, 7) is 6.92. The molecule has 0 saturated carbocycles. The molecule has 0 spiro atoms. The minimum absolute atomic E-state index is 0.258. The van der Waals surface area contributed by atoms with Crippen LogP contribution < -0.4 is 15.4 Å². The van der Waals surface area contributed by atoms with Crippen molar-refractivity contribution in [2.45, 2.75) is 62.3 Å². The number of methoxy groups -OCH3 is 1. The standard InChI is InChI=1S/C27H36N2O5S/c1-27(2,3)29-26(31)34-23(16-19-12-14-33-15-13-19)25(30)28-21-10-11-24(22(17-21)32-4)35-18-20-8-6-5-7-9-20/h5-11,17,19,23H,12-16,18H2,1-4H3,(H,28,30)(H,29,31)/t23-/m0/s1. The maximum atomic E-state index is 13.2.